The fourth-order valence-corrected chi connectivity index (χ4v) is 2.66. The Labute approximate surface area is 114 Å². The summed E-state index contributed by atoms with van der Waals surface area (Å²) in [6.07, 6.45) is 1.26. The van der Waals surface area contributed by atoms with E-state index in [-0.39, 0.29) is 12.3 Å². The molecule has 5 nitrogen and oxygen atoms in total. The van der Waals surface area contributed by atoms with E-state index in [0.29, 0.717) is 11.6 Å². The highest BCUT2D eigenvalue weighted by Gasteiger charge is 2.08. The average Bonchev–Trinajstić information content (AvgIpc) is 2.69. The molecule has 1 heterocycles. The Hall–Kier alpha value is -1.95. The third-order valence-corrected chi connectivity index (χ3v) is 3.47. The van der Waals surface area contributed by atoms with Gasteiger partial charge in [-0.2, -0.15) is 0 Å². The maximum Gasteiger partial charge on any atom is 0.307 e. The number of nitrogens with zero attached hydrogens (tertiary/aromatic N) is 1. The quantitative estimate of drug-likeness (QED) is 0.881. The molecule has 0 saturated heterocycles. The summed E-state index contributed by atoms with van der Waals surface area (Å²) < 4.78 is 0.880. The van der Waals surface area contributed by atoms with Crippen molar-refractivity contribution in [1.29, 1.82) is 0 Å². The molecule has 0 aliphatic carbocycles. The summed E-state index contributed by atoms with van der Waals surface area (Å²) in [5.74, 6) is -0.910. The van der Waals surface area contributed by atoms with E-state index in [4.69, 9.17) is 5.11 Å². The standard InChI is InChI=1S/C13H14N2O3S/c1-2-3-11(16)15-13-14-9-5-4-8(7-12(17)18)6-10(9)19-13/h4-6H,2-3,7H2,1H3,(H,17,18)(H,14,15,16). The predicted molar refractivity (Wildman–Crippen MR) is 74.5 cm³/mol. The molecule has 0 atom stereocenters. The topological polar surface area (TPSA) is 79.3 Å². The van der Waals surface area contributed by atoms with Crippen molar-refractivity contribution < 1.29 is 14.7 Å². The van der Waals surface area contributed by atoms with Gasteiger partial charge in [-0.1, -0.05) is 24.3 Å². The molecule has 6 heteroatoms. The molecule has 0 radical (unpaired) electrons. The summed E-state index contributed by atoms with van der Waals surface area (Å²) in [7, 11) is 0. The number of anilines is 1. The highest BCUT2D eigenvalue weighted by Crippen LogP contribution is 2.27. The van der Waals surface area contributed by atoms with Gasteiger partial charge >= 0.3 is 5.97 Å². The number of carbonyl (C=O) groups excluding carboxylic acids is 1. The van der Waals surface area contributed by atoms with Crippen molar-refractivity contribution in [2.45, 2.75) is 26.2 Å². The van der Waals surface area contributed by atoms with Gasteiger partial charge in [0.05, 0.1) is 16.6 Å². The first-order valence-electron chi connectivity index (χ1n) is 5.99. The third kappa shape index (κ3) is 3.51. The average molecular weight is 278 g/mol. The SMILES string of the molecule is CCCC(=O)Nc1nc2ccc(CC(=O)O)cc2s1. The molecule has 0 saturated carbocycles. The van der Waals surface area contributed by atoms with E-state index in [1.807, 2.05) is 6.92 Å². The minimum Gasteiger partial charge on any atom is -0.481 e. The van der Waals surface area contributed by atoms with Gasteiger partial charge in [0, 0.05) is 6.42 Å². The predicted octanol–water partition coefficient (Wildman–Crippen LogP) is 2.66. The highest BCUT2D eigenvalue weighted by molar-refractivity contribution is 7.22. The minimum atomic E-state index is -0.861. The third-order valence-electron chi connectivity index (χ3n) is 2.53. The maximum atomic E-state index is 11.5. The smallest absolute Gasteiger partial charge is 0.307 e. The van der Waals surface area contributed by atoms with Crippen LogP contribution in [0, 0.1) is 0 Å². The van der Waals surface area contributed by atoms with Crippen molar-refractivity contribution in [1.82, 2.24) is 4.98 Å². The summed E-state index contributed by atoms with van der Waals surface area (Å²) in [5, 5.41) is 12.1. The molecule has 1 aromatic heterocycles. The molecule has 0 aliphatic rings. The van der Waals surface area contributed by atoms with Crippen LogP contribution < -0.4 is 5.32 Å². The van der Waals surface area contributed by atoms with Gasteiger partial charge in [0.25, 0.3) is 0 Å². The first kappa shape index (κ1) is 13.5. The number of hydrogen-bond donors (Lipinski definition) is 2. The molecular weight excluding hydrogens is 264 g/mol. The monoisotopic (exact) mass is 278 g/mol. The maximum absolute atomic E-state index is 11.5. The molecule has 2 aromatic rings. The minimum absolute atomic E-state index is 0.00856. The molecule has 2 rings (SSSR count). The Morgan fingerprint density at radius 2 is 2.21 bits per heavy atom. The van der Waals surface area contributed by atoms with Crippen molar-refractivity contribution in [3.8, 4) is 0 Å². The summed E-state index contributed by atoms with van der Waals surface area (Å²) >= 11 is 1.36. The number of nitrogens with one attached hydrogen (secondary N) is 1. The van der Waals surface area contributed by atoms with Gasteiger partial charge in [-0.3, -0.25) is 9.59 Å². The van der Waals surface area contributed by atoms with Crippen molar-refractivity contribution in [2.75, 3.05) is 5.32 Å². The molecule has 0 unspecified atom stereocenters. The lowest BCUT2D eigenvalue weighted by Gasteiger charge is -1.97. The van der Waals surface area contributed by atoms with E-state index in [1.54, 1.807) is 18.2 Å². The zero-order valence-corrected chi connectivity index (χ0v) is 11.3. The van der Waals surface area contributed by atoms with E-state index in [0.717, 1.165) is 22.2 Å². The van der Waals surface area contributed by atoms with Crippen LogP contribution in [0.2, 0.25) is 0 Å². The molecule has 19 heavy (non-hydrogen) atoms. The van der Waals surface area contributed by atoms with Crippen molar-refractivity contribution in [3.63, 3.8) is 0 Å². The van der Waals surface area contributed by atoms with Gasteiger partial charge in [0.1, 0.15) is 0 Å². The molecule has 0 bridgehead atoms. The molecule has 0 spiro atoms. The molecule has 0 fully saturated rings. The van der Waals surface area contributed by atoms with Crippen LogP contribution in [0.1, 0.15) is 25.3 Å². The van der Waals surface area contributed by atoms with E-state index in [9.17, 15) is 9.59 Å². The lowest BCUT2D eigenvalue weighted by molar-refractivity contribution is -0.136. The van der Waals surface area contributed by atoms with Crippen LogP contribution >= 0.6 is 11.3 Å². The number of carboxylic acids is 1. The Morgan fingerprint density at radius 3 is 2.89 bits per heavy atom. The summed E-state index contributed by atoms with van der Waals surface area (Å²) in [6.45, 7) is 1.94. The largest absolute Gasteiger partial charge is 0.481 e. The van der Waals surface area contributed by atoms with Crippen LogP contribution in [0.5, 0.6) is 0 Å². The number of benzene rings is 1. The number of carbonyl (C=O) groups is 2. The Balaban J connectivity index is 2.20. The highest BCUT2D eigenvalue weighted by atomic mass is 32.1. The summed E-state index contributed by atoms with van der Waals surface area (Å²) in [5.41, 5.74) is 1.50. The molecular formula is C13H14N2O3S. The van der Waals surface area contributed by atoms with Crippen LogP contribution in [-0.4, -0.2) is 22.0 Å². The molecule has 2 N–H and O–H groups in total. The van der Waals surface area contributed by atoms with Crippen molar-refractivity contribution in [3.05, 3.63) is 23.8 Å². The van der Waals surface area contributed by atoms with E-state index in [1.165, 1.54) is 11.3 Å². The number of aromatic nitrogens is 1. The number of aliphatic carboxylic acids is 1. The van der Waals surface area contributed by atoms with Crippen molar-refractivity contribution in [2.24, 2.45) is 0 Å². The molecule has 100 valence electrons. The number of amides is 1. The normalized spacial score (nSPS) is 10.6. The van der Waals surface area contributed by atoms with Crippen molar-refractivity contribution >= 4 is 38.6 Å². The Kier molecular flexibility index (Phi) is 4.11. The van der Waals surface area contributed by atoms with Gasteiger partial charge < -0.3 is 10.4 Å². The van der Waals surface area contributed by atoms with Gasteiger partial charge in [-0.15, -0.1) is 0 Å². The number of fused-ring (bicyclic) bond motifs is 1. The molecule has 1 aromatic carbocycles. The first-order valence-corrected chi connectivity index (χ1v) is 6.81. The van der Waals surface area contributed by atoms with Gasteiger partial charge in [0.2, 0.25) is 5.91 Å². The summed E-state index contributed by atoms with van der Waals surface area (Å²) in [4.78, 5) is 26.4. The fourth-order valence-electron chi connectivity index (χ4n) is 1.72. The van der Waals surface area contributed by atoms with E-state index >= 15 is 0 Å². The Bertz CT molecular complexity index is 621. The number of rotatable bonds is 5. The number of thiazole rings is 1. The zero-order valence-electron chi connectivity index (χ0n) is 10.5. The lowest BCUT2D eigenvalue weighted by Crippen LogP contribution is -2.09. The van der Waals surface area contributed by atoms with Crippen LogP contribution in [0.4, 0.5) is 5.13 Å². The van der Waals surface area contributed by atoms with Gasteiger partial charge in [-0.05, 0) is 24.1 Å². The Morgan fingerprint density at radius 1 is 1.42 bits per heavy atom. The van der Waals surface area contributed by atoms with E-state index < -0.39 is 5.97 Å². The lowest BCUT2D eigenvalue weighted by atomic mass is 10.1. The van der Waals surface area contributed by atoms with Crippen LogP contribution in [0.15, 0.2) is 18.2 Å². The zero-order chi connectivity index (χ0) is 13.8. The van der Waals surface area contributed by atoms with Crippen LogP contribution in [0.25, 0.3) is 10.2 Å². The van der Waals surface area contributed by atoms with Gasteiger partial charge in [-0.25, -0.2) is 4.98 Å². The molecule has 0 aliphatic heterocycles. The summed E-state index contributed by atoms with van der Waals surface area (Å²) in [6, 6.07) is 5.32. The second-order valence-corrected chi connectivity index (χ2v) is 5.22. The number of hydrogen-bond acceptors (Lipinski definition) is 4. The van der Waals surface area contributed by atoms with Gasteiger partial charge in [0.15, 0.2) is 5.13 Å². The first-order chi connectivity index (χ1) is 9.08. The van der Waals surface area contributed by atoms with E-state index in [2.05, 4.69) is 10.3 Å². The molecule has 1 amide bonds. The second-order valence-electron chi connectivity index (χ2n) is 4.19. The second kappa shape index (κ2) is 5.79. The number of carboxylic acid groups (broad SMARTS) is 1. The van der Waals surface area contributed by atoms with Crippen LogP contribution in [-0.2, 0) is 16.0 Å². The fraction of sp³-hybridized carbons (Fsp3) is 0.308. The van der Waals surface area contributed by atoms with Crippen LogP contribution in [0.3, 0.4) is 0 Å².